The van der Waals surface area contributed by atoms with Gasteiger partial charge in [0.25, 0.3) is 11.4 Å². The molecule has 232 valence electrons. The van der Waals surface area contributed by atoms with Crippen LogP contribution in [0.1, 0.15) is 13.1 Å². The molecule has 0 spiro atoms. The lowest BCUT2D eigenvalue weighted by molar-refractivity contribution is -0.384. The van der Waals surface area contributed by atoms with Gasteiger partial charge in [0.15, 0.2) is 5.82 Å². The quantitative estimate of drug-likeness (QED) is 0.0574. The van der Waals surface area contributed by atoms with Gasteiger partial charge in [-0.2, -0.15) is 0 Å². The number of benzene rings is 2. The van der Waals surface area contributed by atoms with E-state index in [-0.39, 0.29) is 18.8 Å². The molecule has 0 fully saturated rings. The predicted octanol–water partition coefficient (Wildman–Crippen LogP) is 6.48. The lowest BCUT2D eigenvalue weighted by Gasteiger charge is -2.08. The first kappa shape index (κ1) is 32.9. The highest BCUT2D eigenvalue weighted by Gasteiger charge is 2.16. The Kier molecular flexibility index (Phi) is 11.4. The van der Waals surface area contributed by atoms with Gasteiger partial charge in [0.05, 0.1) is 33.9 Å². The fourth-order valence-corrected chi connectivity index (χ4v) is 3.78. The molecule has 3 aromatic heterocycles. The number of hydrogen-bond donors (Lipinski definition) is 4. The van der Waals surface area contributed by atoms with E-state index >= 15 is 0 Å². The molecule has 45 heavy (non-hydrogen) atoms. The van der Waals surface area contributed by atoms with Gasteiger partial charge in [-0.05, 0) is 36.4 Å². The van der Waals surface area contributed by atoms with Crippen molar-refractivity contribution in [3.8, 4) is 34.5 Å². The molecular weight excluding hydrogens is 586 g/mol. The summed E-state index contributed by atoms with van der Waals surface area (Å²) >= 11 is 0. The summed E-state index contributed by atoms with van der Waals surface area (Å²) in [5, 5.41) is 38.9. The van der Waals surface area contributed by atoms with Crippen molar-refractivity contribution in [2.45, 2.75) is 7.43 Å². The van der Waals surface area contributed by atoms with Crippen molar-refractivity contribution in [1.82, 2.24) is 19.9 Å². The minimum atomic E-state index is -0.491. The number of hydrogen-bond acceptors (Lipinski definition) is 13. The van der Waals surface area contributed by atoms with Crippen LogP contribution in [-0.2, 0) is 0 Å². The molecule has 5 rings (SSSR count). The Hall–Kier alpha value is -6.58. The highest BCUT2D eigenvalue weighted by atomic mass is 16.6. The maximum Gasteiger partial charge on any atom is 0.296 e. The fraction of sp³-hybridized carbons (Fsp3) is 0.103. The fourth-order valence-electron chi connectivity index (χ4n) is 3.78. The summed E-state index contributed by atoms with van der Waals surface area (Å²) < 4.78 is 11.2. The van der Waals surface area contributed by atoms with Crippen LogP contribution in [-0.4, -0.2) is 55.3 Å². The van der Waals surface area contributed by atoms with Gasteiger partial charge in [-0.1, -0.05) is 12.6 Å². The molecule has 16 heteroatoms. The van der Waals surface area contributed by atoms with Gasteiger partial charge in [0.2, 0.25) is 0 Å². The van der Waals surface area contributed by atoms with E-state index in [4.69, 9.17) is 14.7 Å². The molecule has 0 radical (unpaired) electrons. The number of aromatic amines is 1. The number of aromatic nitrogens is 4. The Labute approximate surface area is 256 Å². The van der Waals surface area contributed by atoms with Gasteiger partial charge in [-0.15, -0.1) is 0 Å². The SMILES string of the molecule is C.CNc1ccc(Oc2ccnc(-c3ncc[nH]3)c2)cc1[N+](=O)[O-].CNc1ccc(Oc2ccnc(/C=N\O)c2)cc1[N+](=O)[O-]. The van der Waals surface area contributed by atoms with Crippen molar-refractivity contribution in [2.75, 3.05) is 24.7 Å². The summed E-state index contributed by atoms with van der Waals surface area (Å²) in [5.74, 6) is 2.24. The van der Waals surface area contributed by atoms with Crippen LogP contribution in [0.2, 0.25) is 0 Å². The van der Waals surface area contributed by atoms with Crippen molar-refractivity contribution in [3.63, 3.8) is 0 Å². The Bertz CT molecular complexity index is 1780. The second kappa shape index (κ2) is 15.6. The molecular formula is C29H29N9O7. The molecule has 0 aliphatic rings. The summed E-state index contributed by atoms with van der Waals surface area (Å²) in [4.78, 5) is 36.3. The van der Waals surface area contributed by atoms with Gasteiger partial charge < -0.3 is 30.3 Å². The predicted molar refractivity (Wildman–Crippen MR) is 168 cm³/mol. The van der Waals surface area contributed by atoms with Crippen molar-refractivity contribution in [3.05, 3.63) is 111 Å². The zero-order valence-electron chi connectivity index (χ0n) is 23.2. The monoisotopic (exact) mass is 615 g/mol. The van der Waals surface area contributed by atoms with Gasteiger partial charge in [0.1, 0.15) is 40.1 Å². The lowest BCUT2D eigenvalue weighted by Crippen LogP contribution is -1.97. The standard InChI is InChI=1S/C15H13N5O3.C13H12N4O4.CH4/c1-16-12-3-2-10(9-14(12)20(21)22)23-11-4-5-17-13(8-11)15-18-6-7-19-15;1-14-12-3-2-10(7-13(12)17(19)20)21-11-4-5-15-9(6-11)8-16-18;/h2-9,16H,1H3,(H,18,19);2-8,14,18H,1H3;1H4/b;16-8-;. The normalized spacial score (nSPS) is 10.2. The van der Waals surface area contributed by atoms with Gasteiger partial charge >= 0.3 is 0 Å². The Balaban J connectivity index is 0.000000241. The van der Waals surface area contributed by atoms with E-state index in [1.165, 1.54) is 24.4 Å². The number of pyridine rings is 2. The third kappa shape index (κ3) is 8.71. The number of ether oxygens (including phenoxy) is 2. The number of anilines is 2. The molecule has 0 saturated carbocycles. The average molecular weight is 616 g/mol. The van der Waals surface area contributed by atoms with Crippen LogP contribution in [0.25, 0.3) is 11.5 Å². The molecule has 0 aliphatic carbocycles. The zero-order valence-corrected chi connectivity index (χ0v) is 23.2. The van der Waals surface area contributed by atoms with E-state index in [0.29, 0.717) is 51.6 Å². The first-order valence-corrected chi connectivity index (χ1v) is 12.7. The maximum atomic E-state index is 11.1. The van der Waals surface area contributed by atoms with E-state index in [9.17, 15) is 20.2 Å². The van der Waals surface area contributed by atoms with Crippen LogP contribution < -0.4 is 20.1 Å². The second-order valence-electron chi connectivity index (χ2n) is 8.55. The number of rotatable bonds is 10. The van der Waals surface area contributed by atoms with E-state index in [1.807, 2.05) is 0 Å². The largest absolute Gasteiger partial charge is 0.457 e. The van der Waals surface area contributed by atoms with Crippen molar-refractivity contribution in [1.29, 1.82) is 0 Å². The molecule has 0 unspecified atom stereocenters. The van der Waals surface area contributed by atoms with Crippen LogP contribution in [0.4, 0.5) is 22.7 Å². The number of nitro benzene ring substituents is 2. The van der Waals surface area contributed by atoms with E-state index in [1.54, 1.807) is 75.2 Å². The Morgan fingerprint density at radius 1 is 0.778 bits per heavy atom. The van der Waals surface area contributed by atoms with Crippen molar-refractivity contribution >= 4 is 29.0 Å². The number of H-pyrrole nitrogens is 1. The maximum absolute atomic E-state index is 11.1. The summed E-state index contributed by atoms with van der Waals surface area (Å²) in [6, 6.07) is 15.6. The van der Waals surface area contributed by atoms with Gasteiger partial charge in [-0.3, -0.25) is 30.2 Å². The minimum Gasteiger partial charge on any atom is -0.457 e. The first-order valence-electron chi connectivity index (χ1n) is 12.7. The van der Waals surface area contributed by atoms with Gasteiger partial charge in [0, 0.05) is 51.0 Å². The molecule has 16 nitrogen and oxygen atoms in total. The summed E-state index contributed by atoms with van der Waals surface area (Å²) in [6.07, 6.45) is 7.54. The highest BCUT2D eigenvalue weighted by Crippen LogP contribution is 2.33. The topological polar surface area (TPSA) is 216 Å². The first-order chi connectivity index (χ1) is 21.3. The lowest BCUT2D eigenvalue weighted by atomic mass is 10.2. The third-order valence-electron chi connectivity index (χ3n) is 5.76. The van der Waals surface area contributed by atoms with Crippen LogP contribution in [0.15, 0.2) is 90.6 Å². The van der Waals surface area contributed by atoms with Crippen LogP contribution in [0.3, 0.4) is 0 Å². The molecule has 3 heterocycles. The Morgan fingerprint density at radius 3 is 1.80 bits per heavy atom. The molecule has 0 saturated heterocycles. The Morgan fingerprint density at radius 2 is 1.31 bits per heavy atom. The molecule has 0 atom stereocenters. The number of oxime groups is 1. The van der Waals surface area contributed by atoms with Gasteiger partial charge in [-0.25, -0.2) is 4.98 Å². The number of nitrogens with zero attached hydrogens (tertiary/aromatic N) is 6. The molecule has 0 bridgehead atoms. The molecule has 0 aliphatic heterocycles. The smallest absolute Gasteiger partial charge is 0.296 e. The summed E-state index contributed by atoms with van der Waals surface area (Å²) in [5.41, 5.74) is 1.71. The van der Waals surface area contributed by atoms with E-state index < -0.39 is 9.85 Å². The molecule has 2 aromatic carbocycles. The number of imidazole rings is 1. The highest BCUT2D eigenvalue weighted by molar-refractivity contribution is 5.76. The van der Waals surface area contributed by atoms with Crippen LogP contribution >= 0.6 is 0 Å². The van der Waals surface area contributed by atoms with Crippen molar-refractivity contribution in [2.24, 2.45) is 5.16 Å². The molecule has 5 aromatic rings. The number of nitrogens with one attached hydrogen (secondary N) is 3. The third-order valence-corrected chi connectivity index (χ3v) is 5.76. The van der Waals surface area contributed by atoms with Crippen molar-refractivity contribution < 1.29 is 24.5 Å². The second-order valence-corrected chi connectivity index (χ2v) is 8.55. The van der Waals surface area contributed by atoms with E-state index in [2.05, 4.69) is 35.7 Å². The molecule has 4 N–H and O–H groups in total. The molecule has 0 amide bonds. The van der Waals surface area contributed by atoms with Crippen LogP contribution in [0, 0.1) is 20.2 Å². The summed E-state index contributed by atoms with van der Waals surface area (Å²) in [6.45, 7) is 0. The minimum absolute atomic E-state index is 0. The average Bonchev–Trinajstić information content (AvgIpc) is 3.57. The number of nitro groups is 2. The van der Waals surface area contributed by atoms with Crippen LogP contribution in [0.5, 0.6) is 23.0 Å². The zero-order chi connectivity index (χ0) is 31.5. The van der Waals surface area contributed by atoms with E-state index in [0.717, 1.165) is 6.21 Å². The summed E-state index contributed by atoms with van der Waals surface area (Å²) in [7, 11) is 3.23.